The van der Waals surface area contributed by atoms with Crippen LogP contribution in [-0.2, 0) is 0 Å². The molecule has 0 N–H and O–H groups in total. The van der Waals surface area contributed by atoms with Gasteiger partial charge in [0.05, 0.1) is 17.1 Å². The second-order valence-electron chi connectivity index (χ2n) is 13.2. The summed E-state index contributed by atoms with van der Waals surface area (Å²) in [4.78, 5) is 32.9. The van der Waals surface area contributed by atoms with Gasteiger partial charge in [0.2, 0.25) is 5.95 Å². The van der Waals surface area contributed by atoms with E-state index < -0.39 is 5.95 Å². The van der Waals surface area contributed by atoms with Gasteiger partial charge >= 0.3 is 6.03 Å². The molecule has 13 heteroatoms. The van der Waals surface area contributed by atoms with Gasteiger partial charge < -0.3 is 24.5 Å². The zero-order valence-electron chi connectivity index (χ0n) is 25.7. The van der Waals surface area contributed by atoms with Gasteiger partial charge in [-0.05, 0) is 32.9 Å². The zero-order valence-corrected chi connectivity index (χ0v) is 26.5. The van der Waals surface area contributed by atoms with Crippen LogP contribution >= 0.6 is 11.3 Å². The molecule has 232 valence electrons. The van der Waals surface area contributed by atoms with Gasteiger partial charge in [0.15, 0.2) is 10.8 Å². The molecule has 0 atom stereocenters. The molecule has 6 heterocycles. The number of hydrogen-bond acceptors (Lipinski definition) is 9. The number of piperazine rings is 1. The normalized spacial score (nSPS) is 19.5. The lowest BCUT2D eigenvalue weighted by Crippen LogP contribution is -2.74. The van der Waals surface area contributed by atoms with E-state index >= 15 is 4.39 Å². The third-order valence-corrected chi connectivity index (χ3v) is 10.7. The molecule has 0 unspecified atom stereocenters. The number of thiazole rings is 1. The van der Waals surface area contributed by atoms with Gasteiger partial charge in [0, 0.05) is 70.4 Å². The van der Waals surface area contributed by atoms with Crippen molar-refractivity contribution in [2.24, 2.45) is 5.41 Å². The van der Waals surface area contributed by atoms with Crippen molar-refractivity contribution in [3.8, 4) is 17.3 Å². The topological polar surface area (TPSA) is 101 Å². The molecule has 4 fully saturated rings. The summed E-state index contributed by atoms with van der Waals surface area (Å²) >= 11 is 1.34. The molecule has 8 rings (SSSR count). The number of likely N-dealkylation sites (tertiary alicyclic amines) is 1. The molecule has 4 aliphatic rings. The number of carbonyl (C=O) groups excluding carboxylic acids is 1. The number of urea groups is 1. The Morgan fingerprint density at radius 1 is 1.07 bits per heavy atom. The molecular weight excluding hydrogens is 591 g/mol. The minimum Gasteiger partial charge on any atom is -0.366 e. The van der Waals surface area contributed by atoms with Crippen molar-refractivity contribution >= 4 is 45.0 Å². The van der Waals surface area contributed by atoms with Crippen LogP contribution in [0, 0.1) is 29.6 Å². The first kappa shape index (κ1) is 28.2. The highest BCUT2D eigenvalue weighted by molar-refractivity contribution is 7.16. The van der Waals surface area contributed by atoms with E-state index in [1.165, 1.54) is 11.3 Å². The van der Waals surface area contributed by atoms with Gasteiger partial charge in [-0.2, -0.15) is 19.7 Å². The van der Waals surface area contributed by atoms with Crippen LogP contribution in [0.1, 0.15) is 29.3 Å². The molecule has 1 saturated carbocycles. The molecule has 1 aliphatic carbocycles. The summed E-state index contributed by atoms with van der Waals surface area (Å²) < 4.78 is 17.5. The Bertz CT molecular complexity index is 1840. The predicted octanol–water partition coefficient (Wildman–Crippen LogP) is 4.47. The number of likely N-dealkylation sites (N-methyl/N-ethyl adjacent to an activating group) is 1. The van der Waals surface area contributed by atoms with E-state index in [-0.39, 0.29) is 17.5 Å². The number of aryl methyl sites for hydroxylation is 1. The Morgan fingerprint density at radius 3 is 2.44 bits per heavy atom. The number of hydrogen-bond donors (Lipinski definition) is 0. The Hall–Kier alpha value is -4.28. The van der Waals surface area contributed by atoms with Gasteiger partial charge in [-0.3, -0.25) is 0 Å². The molecule has 0 radical (unpaired) electrons. The summed E-state index contributed by atoms with van der Waals surface area (Å²) in [7, 11) is 4.01. The third-order valence-electron chi connectivity index (χ3n) is 9.63. The highest BCUT2D eigenvalue weighted by atomic mass is 32.1. The maximum atomic E-state index is 15.5. The van der Waals surface area contributed by atoms with E-state index in [1.54, 1.807) is 0 Å². The van der Waals surface area contributed by atoms with Crippen LogP contribution in [0.15, 0.2) is 30.3 Å². The maximum absolute atomic E-state index is 15.5. The largest absolute Gasteiger partial charge is 0.366 e. The third kappa shape index (κ3) is 4.78. The number of nitriles is 1. The second kappa shape index (κ2) is 10.4. The lowest BCUT2D eigenvalue weighted by Gasteiger charge is -2.61. The first-order valence-electron chi connectivity index (χ1n) is 15.5. The van der Waals surface area contributed by atoms with E-state index in [4.69, 9.17) is 10.1 Å². The Morgan fingerprint density at radius 2 is 1.78 bits per heavy atom. The van der Waals surface area contributed by atoms with Gasteiger partial charge in [-0.1, -0.05) is 41.2 Å². The Balaban J connectivity index is 1.05. The van der Waals surface area contributed by atoms with Crippen molar-refractivity contribution in [2.75, 3.05) is 76.3 Å². The van der Waals surface area contributed by atoms with Crippen LogP contribution in [-0.4, -0.2) is 107 Å². The average Bonchev–Trinajstić information content (AvgIpc) is 3.64. The summed E-state index contributed by atoms with van der Waals surface area (Å²) in [6.07, 6.45) is 2.00. The Kier molecular flexibility index (Phi) is 6.51. The molecule has 3 aromatic heterocycles. The molecule has 0 bridgehead atoms. The molecule has 2 amide bonds. The fraction of sp³-hybridized carbons (Fsp3) is 0.469. The first-order chi connectivity index (χ1) is 21.7. The fourth-order valence-corrected chi connectivity index (χ4v) is 7.72. The number of benzene rings is 1. The second-order valence-corrected chi connectivity index (χ2v) is 14.1. The molecule has 45 heavy (non-hydrogen) atoms. The predicted molar refractivity (Wildman–Crippen MR) is 172 cm³/mol. The van der Waals surface area contributed by atoms with E-state index in [2.05, 4.69) is 23.0 Å². The molecule has 3 aliphatic heterocycles. The van der Waals surface area contributed by atoms with Crippen molar-refractivity contribution in [1.82, 2.24) is 34.4 Å². The summed E-state index contributed by atoms with van der Waals surface area (Å²) in [5.41, 5.74) is 3.51. The number of fused-ring (bicyclic) bond motifs is 1. The highest BCUT2D eigenvalue weighted by Crippen LogP contribution is 2.47. The van der Waals surface area contributed by atoms with Crippen LogP contribution in [0.5, 0.6) is 0 Å². The summed E-state index contributed by atoms with van der Waals surface area (Å²) in [6, 6.07) is 12.5. The quantitative estimate of drug-likeness (QED) is 0.300. The summed E-state index contributed by atoms with van der Waals surface area (Å²) in [5.74, 6) is 0.275. The molecule has 1 spiro atoms. The minimum absolute atomic E-state index is 0.00240. The Labute approximate surface area is 265 Å². The number of anilines is 3. The van der Waals surface area contributed by atoms with Crippen LogP contribution in [0.3, 0.4) is 0 Å². The molecule has 3 saturated heterocycles. The number of halogens is 1. The van der Waals surface area contributed by atoms with Crippen molar-refractivity contribution in [3.63, 3.8) is 0 Å². The van der Waals surface area contributed by atoms with Crippen molar-refractivity contribution in [2.45, 2.75) is 25.8 Å². The molecule has 11 nitrogen and oxygen atoms in total. The van der Waals surface area contributed by atoms with Gasteiger partial charge in [0.25, 0.3) is 0 Å². The average molecular weight is 627 g/mol. The van der Waals surface area contributed by atoms with Crippen molar-refractivity contribution in [3.05, 3.63) is 46.7 Å². The lowest BCUT2D eigenvalue weighted by atomic mass is 9.72. The smallest absolute Gasteiger partial charge is 0.320 e. The minimum atomic E-state index is -0.528. The number of aromatic nitrogens is 4. The lowest BCUT2D eigenvalue weighted by molar-refractivity contribution is -0.00786. The molecular formula is C32H35FN10OS. The number of pyridine rings is 1. The van der Waals surface area contributed by atoms with Gasteiger partial charge in [-0.15, -0.1) is 0 Å². The van der Waals surface area contributed by atoms with E-state index in [0.717, 1.165) is 61.4 Å². The summed E-state index contributed by atoms with van der Waals surface area (Å²) in [6.45, 7) is 8.13. The SMILES string of the molecule is Cc1ccc(-c2nc(N(C)c3c4cc(N5CC6(CN(C(=O)N7CCN(C)CC7)C6)C5)c(F)nc4nn3C3CC3)sc2C#N)cc1. The van der Waals surface area contributed by atoms with Crippen molar-refractivity contribution < 1.29 is 9.18 Å². The standard InChI is InChI=1S/C32H35FN10OS/c1-20-4-6-21(7-5-20)26-25(15-34)45-30(35-26)39(3)29-23-14-24(27(33)36-28(23)37-43(29)22-8-9-22)41-16-32(17-41)18-42(19-32)31(44)40-12-10-38(2)11-13-40/h4-7,14,22H,8-13,16-19H2,1-3H3. The molecule has 4 aromatic rings. The number of carbonyl (C=O) groups is 1. The van der Waals surface area contributed by atoms with E-state index in [9.17, 15) is 10.1 Å². The van der Waals surface area contributed by atoms with E-state index in [0.29, 0.717) is 53.2 Å². The zero-order chi connectivity index (χ0) is 31.0. The van der Waals surface area contributed by atoms with Gasteiger partial charge in [0.1, 0.15) is 22.5 Å². The maximum Gasteiger partial charge on any atom is 0.320 e. The van der Waals surface area contributed by atoms with E-state index in [1.807, 2.05) is 68.6 Å². The van der Waals surface area contributed by atoms with Crippen LogP contribution in [0.4, 0.5) is 25.8 Å². The fourth-order valence-electron chi connectivity index (χ4n) is 6.87. The van der Waals surface area contributed by atoms with Crippen LogP contribution in [0.25, 0.3) is 22.3 Å². The first-order valence-corrected chi connectivity index (χ1v) is 16.3. The summed E-state index contributed by atoms with van der Waals surface area (Å²) in [5, 5.41) is 16.1. The highest BCUT2D eigenvalue weighted by Gasteiger charge is 2.54. The van der Waals surface area contributed by atoms with Crippen LogP contribution in [0.2, 0.25) is 0 Å². The van der Waals surface area contributed by atoms with Gasteiger partial charge in [-0.25, -0.2) is 14.5 Å². The number of rotatable bonds is 5. The van der Waals surface area contributed by atoms with Crippen molar-refractivity contribution in [1.29, 1.82) is 5.26 Å². The number of nitrogens with zero attached hydrogens (tertiary/aromatic N) is 10. The monoisotopic (exact) mass is 626 g/mol. The molecule has 1 aromatic carbocycles. The van der Waals surface area contributed by atoms with Crippen LogP contribution < -0.4 is 9.80 Å². The number of amides is 2.